The summed E-state index contributed by atoms with van der Waals surface area (Å²) in [4.78, 5) is 13.4. The number of carboxylic acid groups (broad SMARTS) is 1. The van der Waals surface area contributed by atoms with Crippen LogP contribution in [-0.4, -0.2) is 52.5 Å². The minimum atomic E-state index is -0.944. The summed E-state index contributed by atoms with van der Waals surface area (Å²) >= 11 is 0. The molecule has 0 saturated carbocycles. The van der Waals surface area contributed by atoms with Gasteiger partial charge in [0.25, 0.3) is 0 Å². The van der Waals surface area contributed by atoms with Crippen LogP contribution in [0.15, 0.2) is 0 Å². The predicted molar refractivity (Wildman–Crippen MR) is 68.1 cm³/mol. The smallest absolute Gasteiger partial charge is 0.356 e. The normalized spacial score (nSPS) is 24.1. The average Bonchev–Trinajstić information content (AvgIpc) is 2.83. The summed E-state index contributed by atoms with van der Waals surface area (Å²) in [5.74, 6) is -0.365. The molecule has 2 N–H and O–H groups in total. The van der Waals surface area contributed by atoms with Crippen LogP contribution in [-0.2, 0) is 17.7 Å². The maximum Gasteiger partial charge on any atom is 0.356 e. The van der Waals surface area contributed by atoms with Gasteiger partial charge in [-0.2, -0.15) is 5.10 Å². The van der Waals surface area contributed by atoms with Crippen LogP contribution in [0.4, 0.5) is 0 Å². The van der Waals surface area contributed by atoms with Gasteiger partial charge in [-0.1, -0.05) is 0 Å². The number of hydrogen-bond acceptors (Lipinski definition) is 4. The van der Waals surface area contributed by atoms with Crippen LogP contribution in [0, 0.1) is 5.92 Å². The molecule has 1 saturated heterocycles. The molecule has 2 aliphatic heterocycles. The zero-order valence-electron chi connectivity index (χ0n) is 10.9. The molecule has 0 aromatic carbocycles. The van der Waals surface area contributed by atoms with E-state index in [0.717, 1.165) is 50.4 Å². The van der Waals surface area contributed by atoms with Gasteiger partial charge in [0.1, 0.15) is 0 Å². The van der Waals surface area contributed by atoms with E-state index < -0.39 is 5.97 Å². The minimum Gasteiger partial charge on any atom is -0.476 e. The lowest BCUT2D eigenvalue weighted by molar-refractivity contribution is 0.0362. The number of aromatic amines is 1. The fraction of sp³-hybridized carbons (Fsp3) is 0.692. The summed E-state index contributed by atoms with van der Waals surface area (Å²) < 4.78 is 5.50. The first kappa shape index (κ1) is 12.6. The van der Waals surface area contributed by atoms with Crippen molar-refractivity contribution in [3.05, 3.63) is 17.0 Å². The lowest BCUT2D eigenvalue weighted by Gasteiger charge is -2.32. The summed E-state index contributed by atoms with van der Waals surface area (Å²) in [7, 11) is 0. The molecule has 6 heteroatoms. The van der Waals surface area contributed by atoms with Crippen molar-refractivity contribution in [2.75, 3.05) is 26.3 Å². The second-order valence-corrected chi connectivity index (χ2v) is 5.40. The Kier molecular flexibility index (Phi) is 3.52. The Morgan fingerprint density at radius 3 is 3.21 bits per heavy atom. The summed E-state index contributed by atoms with van der Waals surface area (Å²) in [6.45, 7) is 4.35. The zero-order valence-corrected chi connectivity index (χ0v) is 10.9. The number of H-pyrrole nitrogens is 1. The number of carboxylic acids is 1. The quantitative estimate of drug-likeness (QED) is 0.848. The molecule has 1 fully saturated rings. The molecule has 0 unspecified atom stereocenters. The van der Waals surface area contributed by atoms with E-state index in [-0.39, 0.29) is 5.69 Å². The fourth-order valence-electron chi connectivity index (χ4n) is 3.00. The standard InChI is InChI=1S/C13H19N3O3/c17-13(18)12-10-7-16(4-3-11(10)14-15-12)6-9-2-1-5-19-8-9/h9H,1-8H2,(H,14,15)(H,17,18)/t9-/m0/s1. The average molecular weight is 265 g/mol. The number of carbonyl (C=O) groups is 1. The highest BCUT2D eigenvalue weighted by Gasteiger charge is 2.27. The van der Waals surface area contributed by atoms with Crippen LogP contribution in [0.25, 0.3) is 0 Å². The monoisotopic (exact) mass is 265 g/mol. The van der Waals surface area contributed by atoms with Gasteiger partial charge in [0, 0.05) is 43.9 Å². The van der Waals surface area contributed by atoms with Gasteiger partial charge < -0.3 is 9.84 Å². The SMILES string of the molecule is O=C(O)c1n[nH]c2c1CN(C[C@@H]1CCCOC1)CC2. The van der Waals surface area contributed by atoms with E-state index in [2.05, 4.69) is 15.1 Å². The molecule has 0 bridgehead atoms. The fourth-order valence-corrected chi connectivity index (χ4v) is 3.00. The molecule has 3 rings (SSSR count). The van der Waals surface area contributed by atoms with Crippen molar-refractivity contribution >= 4 is 5.97 Å². The Balaban J connectivity index is 1.67. The number of fused-ring (bicyclic) bond motifs is 1. The molecule has 0 spiro atoms. The van der Waals surface area contributed by atoms with Gasteiger partial charge >= 0.3 is 5.97 Å². The van der Waals surface area contributed by atoms with E-state index in [1.165, 1.54) is 6.42 Å². The maximum absolute atomic E-state index is 11.1. The Morgan fingerprint density at radius 1 is 1.58 bits per heavy atom. The molecule has 2 aliphatic rings. The van der Waals surface area contributed by atoms with Crippen molar-refractivity contribution in [3.8, 4) is 0 Å². The van der Waals surface area contributed by atoms with Crippen LogP contribution in [0.2, 0.25) is 0 Å². The molecule has 1 atom stereocenters. The molecule has 0 radical (unpaired) electrons. The maximum atomic E-state index is 11.1. The van der Waals surface area contributed by atoms with E-state index in [9.17, 15) is 4.79 Å². The molecule has 3 heterocycles. The van der Waals surface area contributed by atoms with Crippen molar-refractivity contribution in [2.45, 2.75) is 25.8 Å². The van der Waals surface area contributed by atoms with E-state index in [4.69, 9.17) is 9.84 Å². The Bertz CT molecular complexity index is 466. The first-order valence-electron chi connectivity index (χ1n) is 6.83. The minimum absolute atomic E-state index is 0.180. The largest absolute Gasteiger partial charge is 0.476 e. The van der Waals surface area contributed by atoms with Crippen molar-refractivity contribution in [1.29, 1.82) is 0 Å². The Labute approximate surface area is 111 Å². The van der Waals surface area contributed by atoms with Gasteiger partial charge in [0.15, 0.2) is 5.69 Å². The second-order valence-electron chi connectivity index (χ2n) is 5.40. The third kappa shape index (κ3) is 2.64. The Morgan fingerprint density at radius 2 is 2.47 bits per heavy atom. The molecular formula is C13H19N3O3. The summed E-state index contributed by atoms with van der Waals surface area (Å²) in [6, 6.07) is 0. The predicted octanol–water partition coefficient (Wildman–Crippen LogP) is 0.893. The van der Waals surface area contributed by atoms with E-state index in [1.807, 2.05) is 0 Å². The van der Waals surface area contributed by atoms with Crippen molar-refractivity contribution in [2.24, 2.45) is 5.92 Å². The number of nitrogens with one attached hydrogen (secondary N) is 1. The van der Waals surface area contributed by atoms with E-state index >= 15 is 0 Å². The van der Waals surface area contributed by atoms with Crippen molar-refractivity contribution in [1.82, 2.24) is 15.1 Å². The Hall–Kier alpha value is -1.40. The van der Waals surface area contributed by atoms with Crippen LogP contribution in [0.3, 0.4) is 0 Å². The highest BCUT2D eigenvalue weighted by atomic mass is 16.5. The molecular weight excluding hydrogens is 246 g/mol. The topological polar surface area (TPSA) is 78.4 Å². The molecule has 0 amide bonds. The summed E-state index contributed by atoms with van der Waals surface area (Å²) in [6.07, 6.45) is 3.19. The third-order valence-electron chi connectivity index (χ3n) is 3.99. The molecule has 1 aromatic heterocycles. The number of rotatable bonds is 3. The highest BCUT2D eigenvalue weighted by molar-refractivity contribution is 5.87. The van der Waals surface area contributed by atoms with Gasteiger partial charge in [0.05, 0.1) is 6.61 Å². The molecule has 19 heavy (non-hydrogen) atoms. The number of nitrogens with zero attached hydrogens (tertiary/aromatic N) is 2. The van der Waals surface area contributed by atoms with E-state index in [0.29, 0.717) is 12.5 Å². The lowest BCUT2D eigenvalue weighted by Crippen LogP contribution is -2.37. The van der Waals surface area contributed by atoms with Gasteiger partial charge in [-0.25, -0.2) is 4.79 Å². The first-order valence-corrected chi connectivity index (χ1v) is 6.83. The third-order valence-corrected chi connectivity index (χ3v) is 3.99. The van der Waals surface area contributed by atoms with Crippen LogP contribution >= 0.6 is 0 Å². The van der Waals surface area contributed by atoms with E-state index in [1.54, 1.807) is 0 Å². The lowest BCUT2D eigenvalue weighted by atomic mass is 9.99. The number of ether oxygens (including phenoxy) is 1. The van der Waals surface area contributed by atoms with Gasteiger partial charge in [0.2, 0.25) is 0 Å². The van der Waals surface area contributed by atoms with Crippen molar-refractivity contribution in [3.63, 3.8) is 0 Å². The second kappa shape index (κ2) is 5.30. The molecule has 6 nitrogen and oxygen atoms in total. The van der Waals surface area contributed by atoms with Crippen molar-refractivity contribution < 1.29 is 14.6 Å². The zero-order chi connectivity index (χ0) is 13.2. The van der Waals surface area contributed by atoms with Gasteiger partial charge in [-0.15, -0.1) is 0 Å². The molecule has 0 aliphatic carbocycles. The number of aromatic carboxylic acids is 1. The van der Waals surface area contributed by atoms with Crippen LogP contribution < -0.4 is 0 Å². The number of aromatic nitrogens is 2. The summed E-state index contributed by atoms with van der Waals surface area (Å²) in [5.41, 5.74) is 2.02. The number of hydrogen-bond donors (Lipinski definition) is 2. The van der Waals surface area contributed by atoms with Crippen LogP contribution in [0.1, 0.15) is 34.6 Å². The van der Waals surface area contributed by atoms with Gasteiger partial charge in [-0.3, -0.25) is 10.00 Å². The highest BCUT2D eigenvalue weighted by Crippen LogP contribution is 2.23. The first-order chi connectivity index (χ1) is 9.24. The van der Waals surface area contributed by atoms with Crippen LogP contribution in [0.5, 0.6) is 0 Å². The summed E-state index contributed by atoms with van der Waals surface area (Å²) in [5, 5.41) is 15.9. The molecule has 1 aromatic rings. The van der Waals surface area contributed by atoms with Gasteiger partial charge in [-0.05, 0) is 18.8 Å². The molecule has 104 valence electrons.